The summed E-state index contributed by atoms with van der Waals surface area (Å²) in [6.07, 6.45) is 0.836. The van der Waals surface area contributed by atoms with E-state index in [1.165, 1.54) is 7.11 Å². The highest BCUT2D eigenvalue weighted by Crippen LogP contribution is 2.21. The number of hydrogen-bond acceptors (Lipinski definition) is 4. The fourth-order valence-electron chi connectivity index (χ4n) is 2.40. The smallest absolute Gasteiger partial charge is 0.328 e. The number of methoxy groups -OCH3 is 1. The van der Waals surface area contributed by atoms with Crippen LogP contribution in [0, 0.1) is 0 Å². The molecule has 0 radical (unpaired) electrons. The summed E-state index contributed by atoms with van der Waals surface area (Å²) >= 11 is 0. The second kappa shape index (κ2) is 6.41. The SMILES string of the molecule is COC(=O)C1CCCN1C(=O)C(C)Oc1ccccc1. The standard InChI is InChI=1S/C15H19NO4/c1-11(20-12-7-4-3-5-8-12)14(17)16-10-6-9-13(16)15(18)19-2/h3-5,7-8,11,13H,6,9-10H2,1-2H3. The van der Waals surface area contributed by atoms with Gasteiger partial charge in [-0.2, -0.15) is 0 Å². The van der Waals surface area contributed by atoms with Crippen molar-refractivity contribution in [3.8, 4) is 5.75 Å². The summed E-state index contributed by atoms with van der Waals surface area (Å²) in [6.45, 7) is 2.27. The second-order valence-electron chi connectivity index (χ2n) is 4.79. The first-order chi connectivity index (χ1) is 9.63. The maximum Gasteiger partial charge on any atom is 0.328 e. The van der Waals surface area contributed by atoms with Crippen molar-refractivity contribution in [2.75, 3.05) is 13.7 Å². The number of nitrogens with zero attached hydrogens (tertiary/aromatic N) is 1. The Morgan fingerprint density at radius 2 is 2.00 bits per heavy atom. The van der Waals surface area contributed by atoms with Crippen molar-refractivity contribution in [1.29, 1.82) is 0 Å². The lowest BCUT2D eigenvalue weighted by atomic mass is 10.2. The van der Waals surface area contributed by atoms with E-state index in [4.69, 9.17) is 9.47 Å². The second-order valence-corrected chi connectivity index (χ2v) is 4.79. The molecule has 108 valence electrons. The van der Waals surface area contributed by atoms with Crippen LogP contribution in [0.4, 0.5) is 0 Å². The van der Waals surface area contributed by atoms with Crippen LogP contribution in [0.3, 0.4) is 0 Å². The third-order valence-corrected chi connectivity index (χ3v) is 3.41. The van der Waals surface area contributed by atoms with Gasteiger partial charge in [0.15, 0.2) is 6.10 Å². The lowest BCUT2D eigenvalue weighted by Crippen LogP contribution is -2.46. The molecule has 1 aromatic carbocycles. The number of rotatable bonds is 4. The summed E-state index contributed by atoms with van der Waals surface area (Å²) in [5.74, 6) is 0.103. The van der Waals surface area contributed by atoms with E-state index < -0.39 is 12.1 Å². The summed E-state index contributed by atoms with van der Waals surface area (Å²) in [6, 6.07) is 8.69. The predicted octanol–water partition coefficient (Wildman–Crippen LogP) is 1.62. The Morgan fingerprint density at radius 3 is 2.65 bits per heavy atom. The summed E-state index contributed by atoms with van der Waals surface area (Å²) in [5.41, 5.74) is 0. The van der Waals surface area contributed by atoms with Gasteiger partial charge in [-0.25, -0.2) is 4.79 Å². The molecule has 1 heterocycles. The molecule has 1 aliphatic heterocycles. The van der Waals surface area contributed by atoms with Crippen LogP contribution < -0.4 is 4.74 Å². The highest BCUT2D eigenvalue weighted by Gasteiger charge is 2.37. The third-order valence-electron chi connectivity index (χ3n) is 3.41. The van der Waals surface area contributed by atoms with Crippen LogP contribution in [-0.2, 0) is 14.3 Å². The van der Waals surface area contributed by atoms with Crippen molar-refractivity contribution >= 4 is 11.9 Å². The minimum Gasteiger partial charge on any atom is -0.481 e. The van der Waals surface area contributed by atoms with Crippen LogP contribution >= 0.6 is 0 Å². The number of carbonyl (C=O) groups excluding carboxylic acids is 2. The van der Waals surface area contributed by atoms with Crippen LogP contribution in [0.5, 0.6) is 5.75 Å². The Balaban J connectivity index is 2.01. The molecular weight excluding hydrogens is 258 g/mol. The Bertz CT molecular complexity index is 474. The lowest BCUT2D eigenvalue weighted by molar-refractivity contribution is -0.153. The van der Waals surface area contributed by atoms with Gasteiger partial charge in [0, 0.05) is 6.54 Å². The molecule has 2 atom stereocenters. The quantitative estimate of drug-likeness (QED) is 0.785. The number of carbonyl (C=O) groups is 2. The topological polar surface area (TPSA) is 55.8 Å². The molecule has 1 fully saturated rings. The molecule has 0 aliphatic carbocycles. The van der Waals surface area contributed by atoms with Crippen molar-refractivity contribution in [2.24, 2.45) is 0 Å². The fraction of sp³-hybridized carbons (Fsp3) is 0.467. The molecule has 5 nitrogen and oxygen atoms in total. The molecular formula is C15H19NO4. The zero-order valence-electron chi connectivity index (χ0n) is 11.7. The van der Waals surface area contributed by atoms with Gasteiger partial charge < -0.3 is 14.4 Å². The number of likely N-dealkylation sites (tertiary alicyclic amines) is 1. The number of esters is 1. The first-order valence-corrected chi connectivity index (χ1v) is 6.73. The monoisotopic (exact) mass is 277 g/mol. The Hall–Kier alpha value is -2.04. The molecule has 1 saturated heterocycles. The van der Waals surface area contributed by atoms with Crippen molar-refractivity contribution in [2.45, 2.75) is 31.9 Å². The van der Waals surface area contributed by atoms with Crippen LogP contribution in [0.1, 0.15) is 19.8 Å². The van der Waals surface area contributed by atoms with Gasteiger partial charge in [0.1, 0.15) is 11.8 Å². The molecule has 0 aromatic heterocycles. The van der Waals surface area contributed by atoms with Gasteiger partial charge >= 0.3 is 5.97 Å². The summed E-state index contributed by atoms with van der Waals surface area (Å²) in [5, 5.41) is 0. The van der Waals surface area contributed by atoms with E-state index in [1.54, 1.807) is 24.0 Å². The van der Waals surface area contributed by atoms with E-state index >= 15 is 0 Å². The molecule has 0 N–H and O–H groups in total. The first kappa shape index (κ1) is 14.4. The normalized spacial score (nSPS) is 19.5. The van der Waals surface area contributed by atoms with Crippen molar-refractivity contribution in [1.82, 2.24) is 4.90 Å². The molecule has 20 heavy (non-hydrogen) atoms. The summed E-state index contributed by atoms with van der Waals surface area (Å²) in [7, 11) is 1.34. The molecule has 2 unspecified atom stereocenters. The number of benzene rings is 1. The summed E-state index contributed by atoms with van der Waals surface area (Å²) in [4.78, 5) is 25.6. The summed E-state index contributed by atoms with van der Waals surface area (Å²) < 4.78 is 10.3. The molecule has 2 rings (SSSR count). The minimum atomic E-state index is -0.623. The highest BCUT2D eigenvalue weighted by molar-refractivity contribution is 5.87. The molecule has 0 bridgehead atoms. The van der Waals surface area contributed by atoms with Crippen LogP contribution in [0.15, 0.2) is 30.3 Å². The van der Waals surface area contributed by atoms with E-state index in [1.807, 2.05) is 18.2 Å². The average molecular weight is 277 g/mol. The van der Waals surface area contributed by atoms with E-state index in [-0.39, 0.29) is 11.9 Å². The number of hydrogen-bond donors (Lipinski definition) is 0. The zero-order chi connectivity index (χ0) is 14.5. The van der Waals surface area contributed by atoms with Gasteiger partial charge in [-0.15, -0.1) is 0 Å². The van der Waals surface area contributed by atoms with Gasteiger partial charge in [-0.1, -0.05) is 18.2 Å². The first-order valence-electron chi connectivity index (χ1n) is 6.73. The van der Waals surface area contributed by atoms with E-state index in [9.17, 15) is 9.59 Å². The van der Waals surface area contributed by atoms with Crippen molar-refractivity contribution in [3.05, 3.63) is 30.3 Å². The van der Waals surface area contributed by atoms with Crippen LogP contribution in [0.25, 0.3) is 0 Å². The Morgan fingerprint density at radius 1 is 1.30 bits per heavy atom. The number of para-hydroxylation sites is 1. The van der Waals surface area contributed by atoms with Gasteiger partial charge in [-0.3, -0.25) is 4.79 Å². The molecule has 1 amide bonds. The molecule has 0 spiro atoms. The van der Waals surface area contributed by atoms with Crippen molar-refractivity contribution < 1.29 is 19.1 Å². The molecule has 0 saturated carbocycles. The molecule has 1 aliphatic rings. The zero-order valence-corrected chi connectivity index (χ0v) is 11.7. The minimum absolute atomic E-state index is 0.179. The average Bonchev–Trinajstić information content (AvgIpc) is 2.96. The number of amides is 1. The van der Waals surface area contributed by atoms with Crippen molar-refractivity contribution in [3.63, 3.8) is 0 Å². The van der Waals surface area contributed by atoms with Crippen LogP contribution in [0.2, 0.25) is 0 Å². The van der Waals surface area contributed by atoms with Gasteiger partial charge in [0.05, 0.1) is 7.11 Å². The fourth-order valence-corrected chi connectivity index (χ4v) is 2.40. The van der Waals surface area contributed by atoms with Gasteiger partial charge in [0.25, 0.3) is 5.91 Å². The van der Waals surface area contributed by atoms with E-state index in [2.05, 4.69) is 0 Å². The predicted molar refractivity (Wildman–Crippen MR) is 73.3 cm³/mol. The maximum absolute atomic E-state index is 12.4. The third kappa shape index (κ3) is 3.10. The largest absolute Gasteiger partial charge is 0.481 e. The highest BCUT2D eigenvalue weighted by atomic mass is 16.5. The Kier molecular flexibility index (Phi) is 4.61. The lowest BCUT2D eigenvalue weighted by Gasteiger charge is -2.26. The van der Waals surface area contributed by atoms with Gasteiger partial charge in [0.2, 0.25) is 0 Å². The number of ether oxygens (including phenoxy) is 2. The van der Waals surface area contributed by atoms with E-state index in [0.717, 1.165) is 6.42 Å². The van der Waals surface area contributed by atoms with Gasteiger partial charge in [-0.05, 0) is 31.9 Å². The van der Waals surface area contributed by atoms with Crippen LogP contribution in [-0.4, -0.2) is 42.6 Å². The maximum atomic E-state index is 12.4. The van der Waals surface area contributed by atoms with E-state index in [0.29, 0.717) is 18.7 Å². The Labute approximate surface area is 118 Å². The molecule has 1 aromatic rings. The molecule has 5 heteroatoms.